The highest BCUT2D eigenvalue weighted by Crippen LogP contribution is 2.43. The Morgan fingerprint density at radius 3 is 2.64 bits per heavy atom. The number of hydrogen-bond acceptors (Lipinski definition) is 3. The molecular weight excluding hydrogens is 278 g/mol. The van der Waals surface area contributed by atoms with Crippen molar-refractivity contribution in [2.75, 3.05) is 18.5 Å². The molecule has 0 saturated carbocycles. The van der Waals surface area contributed by atoms with Crippen molar-refractivity contribution in [1.82, 2.24) is 0 Å². The van der Waals surface area contributed by atoms with Gasteiger partial charge in [0.25, 0.3) is 0 Å². The van der Waals surface area contributed by atoms with Gasteiger partial charge in [-0.3, -0.25) is 4.79 Å². The molecule has 1 unspecified atom stereocenters. The summed E-state index contributed by atoms with van der Waals surface area (Å²) in [6.07, 6.45) is 0.454. The monoisotopic (exact) mass is 295 g/mol. The van der Waals surface area contributed by atoms with E-state index < -0.39 is 0 Å². The van der Waals surface area contributed by atoms with Crippen molar-refractivity contribution in [1.29, 1.82) is 0 Å². The van der Waals surface area contributed by atoms with Gasteiger partial charge in [0.15, 0.2) is 11.5 Å². The average molecular weight is 295 g/mol. The summed E-state index contributed by atoms with van der Waals surface area (Å²) in [6, 6.07) is 12.2. The lowest BCUT2D eigenvalue weighted by Gasteiger charge is -2.29. The van der Waals surface area contributed by atoms with Crippen LogP contribution in [0, 0.1) is 6.92 Å². The van der Waals surface area contributed by atoms with Crippen molar-refractivity contribution >= 4 is 11.6 Å². The first-order valence-corrected chi connectivity index (χ1v) is 7.50. The van der Waals surface area contributed by atoms with E-state index in [1.54, 1.807) is 0 Å². The van der Waals surface area contributed by atoms with Gasteiger partial charge in [-0.25, -0.2) is 0 Å². The number of fused-ring (bicyclic) bond motifs is 2. The van der Waals surface area contributed by atoms with E-state index in [9.17, 15) is 4.79 Å². The number of carbonyl (C=O) groups is 1. The normalized spacial score (nSPS) is 19.3. The van der Waals surface area contributed by atoms with Crippen molar-refractivity contribution in [3.8, 4) is 11.5 Å². The molecule has 0 fully saturated rings. The standard InChI is InChI=1S/C18H17NO3/c1-11-3-2-4-12(7-11)13-9-18(20)19-15-10-17-16(8-14(13)15)21-5-6-22-17/h2-4,7-8,10,13H,5-6,9H2,1H3,(H,19,20). The molecule has 0 bridgehead atoms. The van der Waals surface area contributed by atoms with E-state index in [0.717, 1.165) is 22.6 Å². The van der Waals surface area contributed by atoms with Crippen LogP contribution in [0.15, 0.2) is 36.4 Å². The molecule has 4 nitrogen and oxygen atoms in total. The number of hydrogen-bond donors (Lipinski definition) is 1. The van der Waals surface area contributed by atoms with Crippen LogP contribution >= 0.6 is 0 Å². The molecule has 0 saturated heterocycles. The first-order chi connectivity index (χ1) is 10.7. The van der Waals surface area contributed by atoms with Crippen molar-refractivity contribution in [3.63, 3.8) is 0 Å². The predicted octanol–water partition coefficient (Wildman–Crippen LogP) is 3.24. The summed E-state index contributed by atoms with van der Waals surface area (Å²) < 4.78 is 11.3. The molecule has 0 spiro atoms. The number of nitrogens with one attached hydrogen (secondary N) is 1. The largest absolute Gasteiger partial charge is 0.486 e. The first-order valence-electron chi connectivity index (χ1n) is 7.50. The Labute approximate surface area is 129 Å². The molecule has 4 rings (SSSR count). The minimum absolute atomic E-state index is 0.0377. The maximum Gasteiger partial charge on any atom is 0.225 e. The molecule has 1 N–H and O–H groups in total. The molecule has 22 heavy (non-hydrogen) atoms. The molecule has 0 aliphatic carbocycles. The lowest BCUT2D eigenvalue weighted by molar-refractivity contribution is -0.116. The summed E-state index contributed by atoms with van der Waals surface area (Å²) in [5.74, 6) is 1.56. The zero-order valence-corrected chi connectivity index (χ0v) is 12.4. The van der Waals surface area contributed by atoms with E-state index in [-0.39, 0.29) is 11.8 Å². The summed E-state index contributed by atoms with van der Waals surface area (Å²) in [5, 5.41) is 2.95. The van der Waals surface area contributed by atoms with Crippen molar-refractivity contribution < 1.29 is 14.3 Å². The fraction of sp³-hybridized carbons (Fsp3) is 0.278. The molecule has 0 aromatic heterocycles. The number of ether oxygens (including phenoxy) is 2. The van der Waals surface area contributed by atoms with Crippen molar-refractivity contribution in [2.45, 2.75) is 19.3 Å². The van der Waals surface area contributed by atoms with Crippen LogP contribution in [0.25, 0.3) is 0 Å². The van der Waals surface area contributed by atoms with Gasteiger partial charge in [0.05, 0.1) is 0 Å². The van der Waals surface area contributed by atoms with E-state index in [0.29, 0.717) is 25.4 Å². The third-order valence-electron chi connectivity index (χ3n) is 4.20. The Morgan fingerprint density at radius 1 is 1.09 bits per heavy atom. The zero-order chi connectivity index (χ0) is 15.1. The van der Waals surface area contributed by atoms with Crippen LogP contribution in [0.1, 0.15) is 29.0 Å². The van der Waals surface area contributed by atoms with Gasteiger partial charge < -0.3 is 14.8 Å². The molecule has 2 aliphatic heterocycles. The van der Waals surface area contributed by atoms with Crippen LogP contribution < -0.4 is 14.8 Å². The van der Waals surface area contributed by atoms with Crippen LogP contribution in [0.4, 0.5) is 5.69 Å². The molecule has 0 radical (unpaired) electrons. The summed E-state index contributed by atoms with van der Waals surface area (Å²) in [5.41, 5.74) is 4.27. The van der Waals surface area contributed by atoms with Crippen molar-refractivity contribution in [2.24, 2.45) is 0 Å². The molecular formula is C18H17NO3. The average Bonchev–Trinajstić information content (AvgIpc) is 2.52. The van der Waals surface area contributed by atoms with Crippen LogP contribution in [-0.4, -0.2) is 19.1 Å². The van der Waals surface area contributed by atoms with Gasteiger partial charge >= 0.3 is 0 Å². The number of amides is 1. The Bertz CT molecular complexity index is 754. The van der Waals surface area contributed by atoms with Crippen LogP contribution in [0.2, 0.25) is 0 Å². The number of benzene rings is 2. The highest BCUT2D eigenvalue weighted by molar-refractivity contribution is 5.96. The molecule has 2 heterocycles. The highest BCUT2D eigenvalue weighted by atomic mass is 16.6. The summed E-state index contributed by atoms with van der Waals surface area (Å²) in [6.45, 7) is 3.17. The van der Waals surface area contributed by atoms with Gasteiger partial charge in [-0.15, -0.1) is 0 Å². The molecule has 2 aromatic carbocycles. The first kappa shape index (κ1) is 13.2. The lowest BCUT2D eigenvalue weighted by Crippen LogP contribution is -2.24. The van der Waals surface area contributed by atoms with Gasteiger partial charge in [-0.05, 0) is 24.1 Å². The second-order valence-electron chi connectivity index (χ2n) is 5.80. The molecule has 112 valence electrons. The summed E-state index contributed by atoms with van der Waals surface area (Å²) in [7, 11) is 0. The molecule has 2 aliphatic rings. The quantitative estimate of drug-likeness (QED) is 0.878. The van der Waals surface area contributed by atoms with E-state index in [4.69, 9.17) is 9.47 Å². The summed E-state index contributed by atoms with van der Waals surface area (Å²) >= 11 is 0. The van der Waals surface area contributed by atoms with Crippen LogP contribution in [-0.2, 0) is 4.79 Å². The third-order valence-corrected chi connectivity index (χ3v) is 4.20. The number of rotatable bonds is 1. The van der Waals surface area contributed by atoms with Gasteiger partial charge in [-0.2, -0.15) is 0 Å². The second-order valence-corrected chi connectivity index (χ2v) is 5.80. The molecule has 1 amide bonds. The van der Waals surface area contributed by atoms with Crippen molar-refractivity contribution in [3.05, 3.63) is 53.1 Å². The summed E-state index contributed by atoms with van der Waals surface area (Å²) in [4.78, 5) is 12.1. The smallest absolute Gasteiger partial charge is 0.225 e. The van der Waals surface area contributed by atoms with Gasteiger partial charge in [0.2, 0.25) is 5.91 Å². The lowest BCUT2D eigenvalue weighted by atomic mass is 9.84. The fourth-order valence-corrected chi connectivity index (χ4v) is 3.18. The van der Waals surface area contributed by atoms with Gasteiger partial charge in [0.1, 0.15) is 13.2 Å². The number of carbonyl (C=O) groups excluding carboxylic acids is 1. The fourth-order valence-electron chi connectivity index (χ4n) is 3.18. The Hall–Kier alpha value is -2.49. The highest BCUT2D eigenvalue weighted by Gasteiger charge is 2.29. The maximum absolute atomic E-state index is 12.1. The van der Waals surface area contributed by atoms with Crippen LogP contribution in [0.3, 0.4) is 0 Å². The van der Waals surface area contributed by atoms with E-state index in [1.165, 1.54) is 5.56 Å². The van der Waals surface area contributed by atoms with E-state index in [2.05, 4.69) is 30.4 Å². The Morgan fingerprint density at radius 2 is 1.86 bits per heavy atom. The topological polar surface area (TPSA) is 47.6 Å². The predicted molar refractivity (Wildman–Crippen MR) is 83.7 cm³/mol. The van der Waals surface area contributed by atoms with E-state index >= 15 is 0 Å². The zero-order valence-electron chi connectivity index (χ0n) is 12.4. The minimum Gasteiger partial charge on any atom is -0.486 e. The molecule has 2 aromatic rings. The Kier molecular flexibility index (Phi) is 3.03. The third kappa shape index (κ3) is 2.21. The molecule has 1 atom stereocenters. The maximum atomic E-state index is 12.1. The van der Waals surface area contributed by atoms with Gasteiger partial charge in [0, 0.05) is 24.1 Å². The minimum atomic E-state index is 0.0377. The number of aryl methyl sites for hydroxylation is 1. The number of anilines is 1. The van der Waals surface area contributed by atoms with Crippen LogP contribution in [0.5, 0.6) is 11.5 Å². The second kappa shape index (κ2) is 5.05. The SMILES string of the molecule is Cc1cccc(C2CC(=O)Nc3cc4c(cc32)OCCO4)c1. The van der Waals surface area contributed by atoms with Gasteiger partial charge in [-0.1, -0.05) is 29.8 Å². The Balaban J connectivity index is 1.84. The van der Waals surface area contributed by atoms with E-state index in [1.807, 2.05) is 18.2 Å². The molecule has 4 heteroatoms.